The molecule has 106 valence electrons. The highest BCUT2D eigenvalue weighted by molar-refractivity contribution is 9.10. The van der Waals surface area contributed by atoms with Crippen molar-refractivity contribution in [2.24, 2.45) is 0 Å². The van der Waals surface area contributed by atoms with Crippen molar-refractivity contribution in [2.75, 3.05) is 0 Å². The minimum atomic E-state index is 0.242. The zero-order valence-corrected chi connectivity index (χ0v) is 13.3. The average molecular weight is 344 g/mol. The van der Waals surface area contributed by atoms with E-state index >= 15 is 0 Å². The van der Waals surface area contributed by atoms with E-state index in [9.17, 15) is 5.11 Å². The van der Waals surface area contributed by atoms with Crippen LogP contribution in [0.4, 0.5) is 0 Å². The summed E-state index contributed by atoms with van der Waals surface area (Å²) in [6.07, 6.45) is 3.71. The molecule has 0 radical (unpaired) electrons. The number of nitrogens with zero attached hydrogens (tertiary/aromatic N) is 1. The number of aromatic nitrogens is 1. The van der Waals surface area contributed by atoms with Gasteiger partial charge in [-0.1, -0.05) is 12.1 Å². The molecule has 2 aromatic heterocycles. The highest BCUT2D eigenvalue weighted by Crippen LogP contribution is 2.30. The van der Waals surface area contributed by atoms with Gasteiger partial charge in [-0.25, -0.2) is 4.98 Å². The zero-order chi connectivity index (χ0) is 15.0. The van der Waals surface area contributed by atoms with Gasteiger partial charge in [0.05, 0.1) is 5.69 Å². The van der Waals surface area contributed by atoms with Gasteiger partial charge in [0.1, 0.15) is 17.0 Å². The average Bonchev–Trinajstić information content (AvgIpc) is 2.88. The summed E-state index contributed by atoms with van der Waals surface area (Å²) in [7, 11) is 0. The Morgan fingerprint density at radius 1 is 1.10 bits per heavy atom. The second-order valence-corrected chi connectivity index (χ2v) is 5.75. The Morgan fingerprint density at radius 2 is 1.90 bits per heavy atom. The highest BCUT2D eigenvalue weighted by atomic mass is 79.9. The molecule has 0 atom stereocenters. The first-order valence-corrected chi connectivity index (χ1v) is 7.37. The van der Waals surface area contributed by atoms with Crippen molar-refractivity contribution in [1.82, 2.24) is 4.98 Å². The van der Waals surface area contributed by atoms with Crippen LogP contribution < -0.4 is 0 Å². The Morgan fingerprint density at radius 3 is 2.62 bits per heavy atom. The highest BCUT2D eigenvalue weighted by Gasteiger charge is 2.08. The van der Waals surface area contributed by atoms with Crippen LogP contribution in [0, 0.1) is 13.8 Å². The van der Waals surface area contributed by atoms with E-state index in [4.69, 9.17) is 4.42 Å². The number of halogens is 1. The molecule has 1 N–H and O–H groups in total. The molecule has 0 saturated carbocycles. The van der Waals surface area contributed by atoms with Crippen LogP contribution in [-0.2, 0) is 0 Å². The number of rotatable bonds is 2. The molecule has 0 spiro atoms. The summed E-state index contributed by atoms with van der Waals surface area (Å²) < 4.78 is 6.10. The van der Waals surface area contributed by atoms with Gasteiger partial charge in [-0.3, -0.25) is 0 Å². The van der Waals surface area contributed by atoms with Crippen molar-refractivity contribution in [2.45, 2.75) is 13.8 Å². The first-order chi connectivity index (χ1) is 10.0. The Labute approximate surface area is 131 Å². The summed E-state index contributed by atoms with van der Waals surface area (Å²) in [5, 5.41) is 11.2. The molecule has 0 fully saturated rings. The SMILES string of the molecule is Cc1cc(C)c2ccc(/C=C/c3ccc(Br)o3)nc2c1O. The van der Waals surface area contributed by atoms with Gasteiger partial charge in [0.2, 0.25) is 0 Å². The predicted octanol–water partition coefficient (Wildman–Crippen LogP) is 5.08. The normalized spacial score (nSPS) is 11.6. The maximum Gasteiger partial charge on any atom is 0.169 e. The Hall–Kier alpha value is -2.07. The fraction of sp³-hybridized carbons (Fsp3) is 0.118. The smallest absolute Gasteiger partial charge is 0.169 e. The zero-order valence-electron chi connectivity index (χ0n) is 11.7. The van der Waals surface area contributed by atoms with Gasteiger partial charge in [0, 0.05) is 5.39 Å². The quantitative estimate of drug-likeness (QED) is 0.705. The number of pyridine rings is 1. The third kappa shape index (κ3) is 2.72. The maximum absolute atomic E-state index is 10.2. The molecule has 0 bridgehead atoms. The molecule has 0 unspecified atom stereocenters. The van der Waals surface area contributed by atoms with Crippen LogP contribution in [0.3, 0.4) is 0 Å². The predicted molar refractivity (Wildman–Crippen MR) is 88.2 cm³/mol. The molecule has 3 nitrogen and oxygen atoms in total. The van der Waals surface area contributed by atoms with Gasteiger partial charge < -0.3 is 9.52 Å². The summed E-state index contributed by atoms with van der Waals surface area (Å²) >= 11 is 3.27. The second-order valence-electron chi connectivity index (χ2n) is 4.97. The first-order valence-electron chi connectivity index (χ1n) is 6.58. The summed E-state index contributed by atoms with van der Waals surface area (Å²) in [6.45, 7) is 3.90. The van der Waals surface area contributed by atoms with Crippen LogP contribution in [0.25, 0.3) is 23.1 Å². The van der Waals surface area contributed by atoms with Crippen molar-refractivity contribution >= 4 is 39.0 Å². The van der Waals surface area contributed by atoms with Gasteiger partial charge in [-0.15, -0.1) is 0 Å². The van der Waals surface area contributed by atoms with Gasteiger partial charge in [0.25, 0.3) is 0 Å². The summed E-state index contributed by atoms with van der Waals surface area (Å²) in [5.41, 5.74) is 3.35. The maximum atomic E-state index is 10.2. The molecule has 21 heavy (non-hydrogen) atoms. The van der Waals surface area contributed by atoms with Gasteiger partial charge in [-0.2, -0.15) is 0 Å². The van der Waals surface area contributed by atoms with Crippen LogP contribution in [0.5, 0.6) is 5.75 Å². The molecular formula is C17H14BrNO2. The van der Waals surface area contributed by atoms with E-state index in [-0.39, 0.29) is 5.75 Å². The molecule has 0 amide bonds. The molecule has 1 aromatic carbocycles. The van der Waals surface area contributed by atoms with Crippen molar-refractivity contribution < 1.29 is 9.52 Å². The van der Waals surface area contributed by atoms with Crippen molar-refractivity contribution in [3.8, 4) is 5.75 Å². The monoisotopic (exact) mass is 343 g/mol. The minimum absolute atomic E-state index is 0.242. The lowest BCUT2D eigenvalue weighted by Crippen LogP contribution is -1.89. The van der Waals surface area contributed by atoms with E-state index < -0.39 is 0 Å². The lowest BCUT2D eigenvalue weighted by molar-refractivity contribution is 0.476. The number of hydrogen-bond acceptors (Lipinski definition) is 3. The number of benzene rings is 1. The lowest BCUT2D eigenvalue weighted by Gasteiger charge is -2.07. The van der Waals surface area contributed by atoms with Crippen molar-refractivity contribution in [3.63, 3.8) is 0 Å². The minimum Gasteiger partial charge on any atom is -0.505 e. The van der Waals surface area contributed by atoms with E-state index in [0.717, 1.165) is 28.0 Å². The number of phenols is 1. The standard InChI is InChI=1S/C17H14BrNO2/c1-10-9-11(2)17(20)16-14(10)7-4-12(19-16)3-5-13-6-8-15(18)21-13/h3-9,20H,1-2H3/b5-3+. The fourth-order valence-electron chi connectivity index (χ4n) is 2.31. The Balaban J connectivity index is 2.05. The molecular weight excluding hydrogens is 330 g/mol. The first kappa shape index (κ1) is 13.9. The van der Waals surface area contributed by atoms with E-state index in [0.29, 0.717) is 10.2 Å². The number of furan rings is 1. The number of aryl methyl sites for hydroxylation is 2. The summed E-state index contributed by atoms with van der Waals surface area (Å²) in [5.74, 6) is 0.986. The number of aromatic hydroxyl groups is 1. The summed E-state index contributed by atoms with van der Waals surface area (Å²) in [4.78, 5) is 4.53. The lowest BCUT2D eigenvalue weighted by atomic mass is 10.0. The van der Waals surface area contributed by atoms with Crippen LogP contribution >= 0.6 is 15.9 Å². The fourth-order valence-corrected chi connectivity index (χ4v) is 2.63. The number of hydrogen-bond donors (Lipinski definition) is 1. The Bertz CT molecular complexity index is 849. The topological polar surface area (TPSA) is 46.3 Å². The number of fused-ring (bicyclic) bond motifs is 1. The Kier molecular flexibility index (Phi) is 3.55. The van der Waals surface area contributed by atoms with Gasteiger partial charge in [-0.05, 0) is 71.3 Å². The largest absolute Gasteiger partial charge is 0.505 e. The molecule has 4 heteroatoms. The van der Waals surface area contributed by atoms with Gasteiger partial charge >= 0.3 is 0 Å². The third-order valence-corrected chi connectivity index (χ3v) is 3.81. The van der Waals surface area contributed by atoms with Crippen LogP contribution in [0.2, 0.25) is 0 Å². The molecule has 2 heterocycles. The molecule has 0 aliphatic carbocycles. The van der Waals surface area contributed by atoms with E-state index in [1.54, 1.807) is 0 Å². The van der Waals surface area contributed by atoms with Crippen LogP contribution in [-0.4, -0.2) is 10.1 Å². The molecule has 3 aromatic rings. The molecule has 0 aliphatic rings. The van der Waals surface area contributed by atoms with Gasteiger partial charge in [0.15, 0.2) is 4.67 Å². The van der Waals surface area contributed by atoms with Crippen LogP contribution in [0.1, 0.15) is 22.6 Å². The van der Waals surface area contributed by atoms with E-state index in [1.807, 2.05) is 56.3 Å². The van der Waals surface area contributed by atoms with Crippen molar-refractivity contribution in [3.05, 3.63) is 57.6 Å². The second kappa shape index (κ2) is 5.37. The molecule has 3 rings (SSSR count). The van der Waals surface area contributed by atoms with Crippen molar-refractivity contribution in [1.29, 1.82) is 0 Å². The van der Waals surface area contributed by atoms with E-state index in [2.05, 4.69) is 20.9 Å². The molecule has 0 aliphatic heterocycles. The molecule has 0 saturated heterocycles. The third-order valence-electron chi connectivity index (χ3n) is 3.38. The summed E-state index contributed by atoms with van der Waals surface area (Å²) in [6, 6.07) is 9.59. The number of phenolic OH excluding ortho intramolecular Hbond substituents is 1. The van der Waals surface area contributed by atoms with E-state index in [1.165, 1.54) is 0 Å². The van der Waals surface area contributed by atoms with Crippen LogP contribution in [0.15, 0.2) is 39.4 Å².